The first-order chi connectivity index (χ1) is 12.6. The molecule has 2 amide bonds. The number of halogens is 2. The number of fused-ring (bicyclic) bond motifs is 2. The van der Waals surface area contributed by atoms with Crippen LogP contribution in [-0.2, 0) is 0 Å². The number of pyridine rings is 1. The molecule has 0 fully saturated rings. The number of anilines is 1. The first-order valence-electron chi connectivity index (χ1n) is 7.99. The Hall–Kier alpha value is -2.99. The Kier molecular flexibility index (Phi) is 4.05. The van der Waals surface area contributed by atoms with Crippen molar-refractivity contribution >= 4 is 40.0 Å². The van der Waals surface area contributed by atoms with Crippen molar-refractivity contribution in [3.63, 3.8) is 0 Å². The van der Waals surface area contributed by atoms with Crippen molar-refractivity contribution in [3.05, 3.63) is 70.6 Å². The monoisotopic (exact) mass is 369 g/mol. The molecular formula is C19H13ClFN3O2. The largest absolute Gasteiger partial charge is 0.383 e. The Balaban J connectivity index is 1.50. The molecule has 1 aliphatic heterocycles. The standard InChI is InChI=1S/C19H13ClFN3O2/c20-11-4-5-12-15(6-7-22-16(12)10-11)23-8-9-24-18(25)13-2-1-3-14(21)17(13)19(24)26/h1-7,10H,8-9H2,(H,22,23). The van der Waals surface area contributed by atoms with Gasteiger partial charge in [0.05, 0.1) is 16.6 Å². The molecule has 0 aliphatic carbocycles. The Morgan fingerprint density at radius 1 is 1.12 bits per heavy atom. The number of aromatic nitrogens is 1. The molecule has 4 rings (SSSR count). The average Bonchev–Trinajstić information content (AvgIpc) is 2.87. The highest BCUT2D eigenvalue weighted by atomic mass is 35.5. The van der Waals surface area contributed by atoms with E-state index in [1.165, 1.54) is 18.2 Å². The van der Waals surface area contributed by atoms with Crippen molar-refractivity contribution < 1.29 is 14.0 Å². The van der Waals surface area contributed by atoms with Crippen LogP contribution in [0.3, 0.4) is 0 Å². The van der Waals surface area contributed by atoms with Gasteiger partial charge in [0.1, 0.15) is 5.82 Å². The van der Waals surface area contributed by atoms with Crippen LogP contribution in [0.1, 0.15) is 20.7 Å². The number of carbonyl (C=O) groups is 2. The van der Waals surface area contributed by atoms with E-state index in [4.69, 9.17) is 11.6 Å². The molecule has 0 unspecified atom stereocenters. The van der Waals surface area contributed by atoms with Gasteiger partial charge in [-0.15, -0.1) is 0 Å². The fourth-order valence-corrected chi connectivity index (χ4v) is 3.24. The molecule has 1 aliphatic rings. The number of amides is 2. The number of rotatable bonds is 4. The van der Waals surface area contributed by atoms with Gasteiger partial charge in [-0.2, -0.15) is 0 Å². The summed E-state index contributed by atoms with van der Waals surface area (Å²) in [6.07, 6.45) is 1.65. The summed E-state index contributed by atoms with van der Waals surface area (Å²) in [6, 6.07) is 11.3. The third-order valence-corrected chi connectivity index (χ3v) is 4.54. The Bertz CT molecular complexity index is 1050. The van der Waals surface area contributed by atoms with Gasteiger partial charge >= 0.3 is 0 Å². The zero-order valence-corrected chi connectivity index (χ0v) is 14.3. The van der Waals surface area contributed by atoms with Gasteiger partial charge in [-0.25, -0.2) is 4.39 Å². The number of hydrogen-bond donors (Lipinski definition) is 1. The summed E-state index contributed by atoms with van der Waals surface area (Å²) < 4.78 is 13.8. The topological polar surface area (TPSA) is 62.3 Å². The summed E-state index contributed by atoms with van der Waals surface area (Å²) in [4.78, 5) is 30.0. The van der Waals surface area contributed by atoms with E-state index in [0.717, 1.165) is 21.5 Å². The molecule has 0 saturated heterocycles. The van der Waals surface area contributed by atoms with Crippen molar-refractivity contribution in [1.29, 1.82) is 0 Å². The van der Waals surface area contributed by atoms with Crippen LogP contribution in [0.25, 0.3) is 10.9 Å². The Morgan fingerprint density at radius 2 is 1.96 bits per heavy atom. The minimum atomic E-state index is -0.673. The number of nitrogens with one attached hydrogen (secondary N) is 1. The Labute approximate surface area is 153 Å². The van der Waals surface area contributed by atoms with Gasteiger partial charge in [-0.3, -0.25) is 19.5 Å². The molecule has 7 heteroatoms. The van der Waals surface area contributed by atoms with Crippen LogP contribution in [-0.4, -0.2) is 34.8 Å². The van der Waals surface area contributed by atoms with Crippen molar-refractivity contribution in [2.75, 3.05) is 18.4 Å². The van der Waals surface area contributed by atoms with Crippen LogP contribution < -0.4 is 5.32 Å². The van der Waals surface area contributed by atoms with Crippen LogP contribution >= 0.6 is 11.6 Å². The third-order valence-electron chi connectivity index (χ3n) is 4.30. The van der Waals surface area contributed by atoms with Gasteiger partial charge in [-0.05, 0) is 36.4 Å². The van der Waals surface area contributed by atoms with Crippen LogP contribution in [0.15, 0.2) is 48.7 Å². The first-order valence-corrected chi connectivity index (χ1v) is 8.37. The first kappa shape index (κ1) is 16.5. The molecule has 1 aromatic heterocycles. The van der Waals surface area contributed by atoms with E-state index >= 15 is 0 Å². The smallest absolute Gasteiger partial charge is 0.264 e. The van der Waals surface area contributed by atoms with E-state index in [9.17, 15) is 14.0 Å². The van der Waals surface area contributed by atoms with E-state index in [1.807, 2.05) is 6.07 Å². The highest BCUT2D eigenvalue weighted by Gasteiger charge is 2.37. The number of carbonyl (C=O) groups excluding carboxylic acids is 2. The van der Waals surface area contributed by atoms with E-state index < -0.39 is 17.6 Å². The van der Waals surface area contributed by atoms with Crippen LogP contribution in [0.5, 0.6) is 0 Å². The van der Waals surface area contributed by atoms with Crippen molar-refractivity contribution in [3.8, 4) is 0 Å². The van der Waals surface area contributed by atoms with Gasteiger partial charge in [0, 0.05) is 35.4 Å². The van der Waals surface area contributed by atoms with Gasteiger partial charge in [0.15, 0.2) is 0 Å². The number of hydrogen-bond acceptors (Lipinski definition) is 4. The highest BCUT2D eigenvalue weighted by Crippen LogP contribution is 2.26. The molecule has 130 valence electrons. The van der Waals surface area contributed by atoms with E-state index in [2.05, 4.69) is 10.3 Å². The second-order valence-electron chi connectivity index (χ2n) is 5.87. The molecule has 0 saturated carbocycles. The number of benzene rings is 2. The molecule has 5 nitrogen and oxygen atoms in total. The molecule has 0 atom stereocenters. The summed E-state index contributed by atoms with van der Waals surface area (Å²) in [5, 5.41) is 4.67. The molecule has 3 aromatic rings. The fourth-order valence-electron chi connectivity index (χ4n) is 3.07. The lowest BCUT2D eigenvalue weighted by Crippen LogP contribution is -2.34. The van der Waals surface area contributed by atoms with Gasteiger partial charge in [0.25, 0.3) is 11.8 Å². The Morgan fingerprint density at radius 3 is 2.77 bits per heavy atom. The normalized spacial score (nSPS) is 13.4. The lowest BCUT2D eigenvalue weighted by atomic mass is 10.1. The summed E-state index contributed by atoms with van der Waals surface area (Å²) in [5.74, 6) is -1.75. The van der Waals surface area contributed by atoms with Gasteiger partial charge < -0.3 is 5.32 Å². The molecule has 26 heavy (non-hydrogen) atoms. The van der Waals surface area contributed by atoms with Crippen LogP contribution in [0.2, 0.25) is 5.02 Å². The van der Waals surface area contributed by atoms with Crippen LogP contribution in [0, 0.1) is 5.82 Å². The molecule has 1 N–H and O–H groups in total. The SMILES string of the molecule is O=C1c2cccc(F)c2C(=O)N1CCNc1ccnc2cc(Cl)ccc12. The highest BCUT2D eigenvalue weighted by molar-refractivity contribution is 6.31. The van der Waals surface area contributed by atoms with E-state index in [-0.39, 0.29) is 17.7 Å². The zero-order chi connectivity index (χ0) is 18.3. The predicted molar refractivity (Wildman–Crippen MR) is 97.0 cm³/mol. The third kappa shape index (κ3) is 2.68. The molecule has 2 aromatic carbocycles. The maximum Gasteiger partial charge on any atom is 0.264 e. The van der Waals surface area contributed by atoms with E-state index in [1.54, 1.807) is 24.4 Å². The summed E-state index contributed by atoms with van der Waals surface area (Å²) in [5.41, 5.74) is 1.51. The van der Waals surface area contributed by atoms with Crippen LogP contribution in [0.4, 0.5) is 10.1 Å². The summed E-state index contributed by atoms with van der Waals surface area (Å²) in [6.45, 7) is 0.456. The predicted octanol–water partition coefficient (Wildman–Crippen LogP) is 3.74. The molecule has 0 bridgehead atoms. The lowest BCUT2D eigenvalue weighted by Gasteiger charge is -2.15. The number of imide groups is 1. The quantitative estimate of drug-likeness (QED) is 0.712. The second kappa shape index (κ2) is 6.38. The maximum atomic E-state index is 13.8. The summed E-state index contributed by atoms with van der Waals surface area (Å²) in [7, 11) is 0. The van der Waals surface area contributed by atoms with E-state index in [0.29, 0.717) is 11.6 Å². The van der Waals surface area contributed by atoms with Crippen molar-refractivity contribution in [1.82, 2.24) is 9.88 Å². The lowest BCUT2D eigenvalue weighted by molar-refractivity contribution is 0.0659. The summed E-state index contributed by atoms with van der Waals surface area (Å²) >= 11 is 5.98. The van der Waals surface area contributed by atoms with Crippen molar-refractivity contribution in [2.45, 2.75) is 0 Å². The minimum Gasteiger partial charge on any atom is -0.383 e. The van der Waals surface area contributed by atoms with Crippen molar-refractivity contribution in [2.24, 2.45) is 0 Å². The minimum absolute atomic E-state index is 0.110. The molecular weight excluding hydrogens is 357 g/mol. The number of nitrogens with zero attached hydrogens (tertiary/aromatic N) is 2. The molecule has 2 heterocycles. The second-order valence-corrected chi connectivity index (χ2v) is 6.31. The fraction of sp³-hybridized carbons (Fsp3) is 0.105. The zero-order valence-electron chi connectivity index (χ0n) is 13.5. The maximum absolute atomic E-state index is 13.8. The average molecular weight is 370 g/mol. The molecule has 0 radical (unpaired) electrons. The van der Waals surface area contributed by atoms with Gasteiger partial charge in [-0.1, -0.05) is 17.7 Å². The molecule has 0 spiro atoms. The van der Waals surface area contributed by atoms with Gasteiger partial charge in [0.2, 0.25) is 0 Å².